The zero-order chi connectivity index (χ0) is 10.8. The Morgan fingerprint density at radius 2 is 2.07 bits per heavy atom. The van der Waals surface area contributed by atoms with E-state index < -0.39 is 12.6 Å². The van der Waals surface area contributed by atoms with Gasteiger partial charge in [-0.1, -0.05) is 11.3 Å². The van der Waals surface area contributed by atoms with E-state index in [-0.39, 0.29) is 11.0 Å². The molecule has 0 amide bonds. The molecule has 14 heavy (non-hydrogen) atoms. The van der Waals surface area contributed by atoms with Gasteiger partial charge in [0.25, 0.3) is 0 Å². The van der Waals surface area contributed by atoms with Gasteiger partial charge in [-0.25, -0.2) is 0 Å². The number of hydrogen-bond donors (Lipinski definition) is 1. The third-order valence-corrected chi connectivity index (χ3v) is 2.74. The van der Waals surface area contributed by atoms with Crippen LogP contribution < -0.4 is 5.32 Å². The van der Waals surface area contributed by atoms with E-state index in [0.29, 0.717) is 5.01 Å². The number of aromatic nitrogens is 2. The van der Waals surface area contributed by atoms with Crippen LogP contribution in [0.2, 0.25) is 0 Å². The molecule has 1 aromatic rings. The molecule has 0 aliphatic heterocycles. The van der Waals surface area contributed by atoms with Crippen molar-refractivity contribution in [3.8, 4) is 0 Å². The van der Waals surface area contributed by atoms with Gasteiger partial charge in [0.2, 0.25) is 0 Å². The van der Waals surface area contributed by atoms with Gasteiger partial charge in [0.15, 0.2) is 0 Å². The zero-order valence-electron chi connectivity index (χ0n) is 7.72. The largest absolute Gasteiger partial charge is 0.395 e. The molecule has 1 N–H and O–H groups in total. The molecule has 0 radical (unpaired) electrons. The van der Waals surface area contributed by atoms with Crippen molar-refractivity contribution in [2.24, 2.45) is 0 Å². The van der Waals surface area contributed by atoms with Crippen LogP contribution in [0, 0.1) is 0 Å². The molecule has 0 aliphatic carbocycles. The lowest BCUT2D eigenvalue weighted by Crippen LogP contribution is -2.11. The molecule has 80 valence electrons. The van der Waals surface area contributed by atoms with Gasteiger partial charge in [0, 0.05) is 0 Å². The van der Waals surface area contributed by atoms with Crippen LogP contribution >= 0.6 is 11.3 Å². The lowest BCUT2D eigenvalue weighted by Gasteiger charge is -2.03. The van der Waals surface area contributed by atoms with Gasteiger partial charge in [-0.2, -0.15) is 13.2 Å². The Hall–Kier alpha value is -0.690. The molecule has 0 bridgehead atoms. The average molecular weight is 225 g/mol. The van der Waals surface area contributed by atoms with E-state index in [1.165, 1.54) is 0 Å². The number of nitrogens with zero attached hydrogens (tertiary/aromatic N) is 2. The molecule has 0 saturated carbocycles. The van der Waals surface area contributed by atoms with Crippen LogP contribution in [0.25, 0.3) is 0 Å². The Labute approximate surface area is 83.4 Å². The van der Waals surface area contributed by atoms with Gasteiger partial charge in [0.1, 0.15) is 10.0 Å². The summed E-state index contributed by atoms with van der Waals surface area (Å²) >= 11 is 0.988. The van der Waals surface area contributed by atoms with Gasteiger partial charge in [-0.15, -0.1) is 10.2 Å². The number of hydrogen-bond acceptors (Lipinski definition) is 4. The lowest BCUT2D eigenvalue weighted by molar-refractivity contribution is -0.127. The number of rotatable bonds is 3. The Bertz CT molecular complexity index is 297. The maximum absolute atomic E-state index is 12.0. The van der Waals surface area contributed by atoms with Crippen LogP contribution in [-0.2, 0) is 6.42 Å². The van der Waals surface area contributed by atoms with Gasteiger partial charge >= 0.3 is 6.18 Å². The number of alkyl halides is 3. The van der Waals surface area contributed by atoms with E-state index in [9.17, 15) is 13.2 Å². The molecule has 0 fully saturated rings. The van der Waals surface area contributed by atoms with Crippen LogP contribution in [0.5, 0.6) is 0 Å². The van der Waals surface area contributed by atoms with E-state index in [0.717, 1.165) is 11.3 Å². The molecule has 3 nitrogen and oxygen atoms in total. The summed E-state index contributed by atoms with van der Waals surface area (Å²) in [5.41, 5.74) is 0. The van der Waals surface area contributed by atoms with Crippen LogP contribution in [0.15, 0.2) is 0 Å². The summed E-state index contributed by atoms with van der Waals surface area (Å²) in [7, 11) is 1.72. The van der Waals surface area contributed by atoms with Crippen molar-refractivity contribution < 1.29 is 13.2 Å². The first-order valence-electron chi connectivity index (χ1n) is 3.98. The van der Waals surface area contributed by atoms with E-state index >= 15 is 0 Å². The summed E-state index contributed by atoms with van der Waals surface area (Å²) in [6, 6.07) is -0.0607. The van der Waals surface area contributed by atoms with E-state index in [1.807, 2.05) is 6.92 Å². The molecular formula is C7H10F3N3S. The topological polar surface area (TPSA) is 37.8 Å². The monoisotopic (exact) mass is 225 g/mol. The van der Waals surface area contributed by atoms with Crippen molar-refractivity contribution >= 4 is 11.3 Å². The Morgan fingerprint density at radius 1 is 1.43 bits per heavy atom. The van der Waals surface area contributed by atoms with Crippen molar-refractivity contribution in [2.75, 3.05) is 7.05 Å². The smallest absolute Gasteiger partial charge is 0.311 e. The third-order valence-electron chi connectivity index (χ3n) is 1.64. The fourth-order valence-electron chi connectivity index (χ4n) is 0.808. The standard InChI is InChI=1S/C7H10F3N3S/c1-4(11-2)6-13-12-5(14-6)3-7(8,9)10/h4,11H,3H2,1-2H3. The van der Waals surface area contributed by atoms with Crippen molar-refractivity contribution in [3.63, 3.8) is 0 Å². The molecule has 1 aromatic heterocycles. The second-order valence-corrected chi connectivity index (χ2v) is 3.93. The highest BCUT2D eigenvalue weighted by Crippen LogP contribution is 2.25. The van der Waals surface area contributed by atoms with Crippen molar-refractivity contribution in [3.05, 3.63) is 10.0 Å². The first-order valence-corrected chi connectivity index (χ1v) is 4.80. The average Bonchev–Trinajstić information content (AvgIpc) is 2.48. The lowest BCUT2D eigenvalue weighted by atomic mass is 10.4. The third kappa shape index (κ3) is 3.22. The molecule has 7 heteroatoms. The number of halogens is 3. The predicted molar refractivity (Wildman–Crippen MR) is 47.1 cm³/mol. The normalized spacial score (nSPS) is 14.4. The van der Waals surface area contributed by atoms with Crippen molar-refractivity contribution in [2.45, 2.75) is 25.6 Å². The van der Waals surface area contributed by atoms with E-state index in [1.54, 1.807) is 7.05 Å². The SMILES string of the molecule is CNC(C)c1nnc(CC(F)(F)F)s1. The summed E-state index contributed by atoms with van der Waals surface area (Å²) in [5.74, 6) is 0. The first-order chi connectivity index (χ1) is 6.42. The van der Waals surface area contributed by atoms with Crippen LogP contribution in [0.1, 0.15) is 23.0 Å². The maximum atomic E-state index is 12.0. The molecule has 0 saturated heterocycles. The van der Waals surface area contributed by atoms with Gasteiger partial charge in [-0.3, -0.25) is 0 Å². The first kappa shape index (κ1) is 11.4. The quantitative estimate of drug-likeness (QED) is 0.854. The van der Waals surface area contributed by atoms with Crippen LogP contribution in [0.4, 0.5) is 13.2 Å². The summed E-state index contributed by atoms with van der Waals surface area (Å²) in [4.78, 5) is 0. The van der Waals surface area contributed by atoms with Crippen molar-refractivity contribution in [1.29, 1.82) is 0 Å². The van der Waals surface area contributed by atoms with Gasteiger partial charge in [-0.05, 0) is 14.0 Å². The summed E-state index contributed by atoms with van der Waals surface area (Å²) < 4.78 is 35.9. The molecule has 0 aliphatic rings. The zero-order valence-corrected chi connectivity index (χ0v) is 8.54. The molecule has 0 spiro atoms. The fourth-order valence-corrected chi connectivity index (χ4v) is 1.74. The van der Waals surface area contributed by atoms with Crippen LogP contribution in [-0.4, -0.2) is 23.4 Å². The predicted octanol–water partition coefficient (Wildman–Crippen LogP) is 1.92. The summed E-state index contributed by atoms with van der Waals surface area (Å²) in [6.45, 7) is 1.82. The van der Waals surface area contributed by atoms with Gasteiger partial charge in [0.05, 0.1) is 12.5 Å². The highest BCUT2D eigenvalue weighted by atomic mass is 32.1. The van der Waals surface area contributed by atoms with E-state index in [4.69, 9.17) is 0 Å². The summed E-state index contributed by atoms with van der Waals surface area (Å²) in [6.07, 6.45) is -5.21. The molecule has 0 aromatic carbocycles. The highest BCUT2D eigenvalue weighted by Gasteiger charge is 2.30. The molecule has 1 atom stereocenters. The van der Waals surface area contributed by atoms with Gasteiger partial charge < -0.3 is 5.32 Å². The maximum Gasteiger partial charge on any atom is 0.395 e. The number of nitrogens with one attached hydrogen (secondary N) is 1. The highest BCUT2D eigenvalue weighted by molar-refractivity contribution is 7.11. The van der Waals surface area contributed by atoms with Crippen molar-refractivity contribution in [1.82, 2.24) is 15.5 Å². The molecular weight excluding hydrogens is 215 g/mol. The summed E-state index contributed by atoms with van der Waals surface area (Å²) in [5, 5.41) is 10.6. The molecule has 1 unspecified atom stereocenters. The second kappa shape index (κ2) is 4.22. The minimum Gasteiger partial charge on any atom is -0.311 e. The fraction of sp³-hybridized carbons (Fsp3) is 0.714. The van der Waals surface area contributed by atoms with E-state index in [2.05, 4.69) is 15.5 Å². The molecule has 1 heterocycles. The molecule has 1 rings (SSSR count). The van der Waals surface area contributed by atoms with Crippen LogP contribution in [0.3, 0.4) is 0 Å². The Morgan fingerprint density at radius 3 is 2.57 bits per heavy atom. The second-order valence-electron chi connectivity index (χ2n) is 2.84. The Kier molecular flexibility index (Phi) is 3.43. The minimum absolute atomic E-state index is 0.00889. The minimum atomic E-state index is -4.21. The Balaban J connectivity index is 2.69.